The van der Waals surface area contributed by atoms with Crippen molar-refractivity contribution in [3.8, 4) is 17.6 Å². The molecule has 0 fully saturated rings. The van der Waals surface area contributed by atoms with Crippen LogP contribution in [-0.4, -0.2) is 51.8 Å². The molecule has 0 spiro atoms. The second kappa shape index (κ2) is 9.85. The van der Waals surface area contributed by atoms with Crippen molar-refractivity contribution >= 4 is 5.97 Å². The smallest absolute Gasteiger partial charge is 0.338 e. The number of rotatable bonds is 8. The Morgan fingerprint density at radius 3 is 2.69 bits per heavy atom. The first-order valence-corrected chi connectivity index (χ1v) is 9.25. The van der Waals surface area contributed by atoms with E-state index in [1.165, 1.54) is 7.11 Å². The Morgan fingerprint density at radius 2 is 2.10 bits per heavy atom. The average molecular weight is 401 g/mol. The molecule has 0 aromatic heterocycles. The summed E-state index contributed by atoms with van der Waals surface area (Å²) in [6, 6.07) is 7.38. The summed E-state index contributed by atoms with van der Waals surface area (Å²) in [6.07, 6.45) is 0. The number of nitrogens with two attached hydrogens (primary N) is 1. The lowest BCUT2D eigenvalue weighted by Gasteiger charge is -2.28. The lowest BCUT2D eigenvalue weighted by molar-refractivity contribution is -0.139. The van der Waals surface area contributed by atoms with Crippen LogP contribution in [0.5, 0.6) is 11.5 Å². The van der Waals surface area contributed by atoms with Gasteiger partial charge < -0.3 is 29.6 Å². The van der Waals surface area contributed by atoms with E-state index in [4.69, 9.17) is 24.7 Å². The number of carbonyl (C=O) groups excluding carboxylic acids is 1. The minimum atomic E-state index is -0.794. The molecule has 0 saturated carbocycles. The third kappa shape index (κ3) is 4.81. The van der Waals surface area contributed by atoms with E-state index in [0.717, 1.165) is 0 Å². The second-order valence-corrected chi connectivity index (χ2v) is 6.65. The van der Waals surface area contributed by atoms with Gasteiger partial charge in [0.2, 0.25) is 5.88 Å². The number of esters is 1. The number of hydrogen-bond donors (Lipinski definition) is 1. The zero-order valence-electron chi connectivity index (χ0n) is 17.4. The van der Waals surface area contributed by atoms with E-state index in [-0.39, 0.29) is 29.4 Å². The lowest BCUT2D eigenvalue weighted by atomic mass is 9.82. The van der Waals surface area contributed by atoms with Gasteiger partial charge >= 0.3 is 5.97 Å². The highest BCUT2D eigenvalue weighted by Gasteiger charge is 2.38. The van der Waals surface area contributed by atoms with Gasteiger partial charge in [-0.3, -0.25) is 0 Å². The summed E-state index contributed by atoms with van der Waals surface area (Å²) < 4.78 is 22.2. The molecule has 1 aliphatic rings. The summed E-state index contributed by atoms with van der Waals surface area (Å²) in [7, 11) is 5.41. The van der Waals surface area contributed by atoms with Crippen molar-refractivity contribution in [2.45, 2.75) is 19.8 Å². The number of nitriles is 1. The van der Waals surface area contributed by atoms with Crippen molar-refractivity contribution in [3.63, 3.8) is 0 Å². The van der Waals surface area contributed by atoms with Crippen LogP contribution in [0.1, 0.15) is 25.3 Å². The molecule has 1 heterocycles. The molecule has 1 atom stereocenters. The molecule has 2 N–H and O–H groups in total. The number of likely N-dealkylation sites (N-methyl/N-ethyl adjacent to an activating group) is 1. The van der Waals surface area contributed by atoms with Crippen LogP contribution in [0, 0.1) is 11.3 Å². The number of methoxy groups -OCH3 is 1. The molecule has 1 aromatic carbocycles. The molecule has 2 rings (SSSR count). The number of para-hydroxylation sites is 1. The van der Waals surface area contributed by atoms with Crippen molar-refractivity contribution in [2.75, 3.05) is 41.0 Å². The van der Waals surface area contributed by atoms with Gasteiger partial charge in [-0.25, -0.2) is 4.79 Å². The van der Waals surface area contributed by atoms with E-state index >= 15 is 0 Å². The van der Waals surface area contributed by atoms with Crippen LogP contribution in [0.3, 0.4) is 0 Å². The first-order chi connectivity index (χ1) is 13.8. The Kier molecular flexibility index (Phi) is 7.51. The van der Waals surface area contributed by atoms with Crippen molar-refractivity contribution in [2.24, 2.45) is 5.73 Å². The van der Waals surface area contributed by atoms with Crippen LogP contribution in [0.4, 0.5) is 0 Å². The largest absolute Gasteiger partial charge is 0.493 e. The van der Waals surface area contributed by atoms with E-state index in [2.05, 4.69) is 6.07 Å². The van der Waals surface area contributed by atoms with Crippen LogP contribution >= 0.6 is 0 Å². The topological polar surface area (TPSA) is 107 Å². The quantitative estimate of drug-likeness (QED) is 0.661. The molecular formula is C21H27N3O5. The summed E-state index contributed by atoms with van der Waals surface area (Å²) in [5.41, 5.74) is 6.88. The van der Waals surface area contributed by atoms with Gasteiger partial charge in [0.15, 0.2) is 11.5 Å². The molecular weight excluding hydrogens is 374 g/mol. The fourth-order valence-corrected chi connectivity index (χ4v) is 3.07. The molecule has 0 aliphatic carbocycles. The summed E-state index contributed by atoms with van der Waals surface area (Å²) in [6.45, 7) is 4.58. The van der Waals surface area contributed by atoms with Crippen LogP contribution in [0.15, 0.2) is 41.0 Å². The monoisotopic (exact) mass is 401 g/mol. The van der Waals surface area contributed by atoms with Crippen molar-refractivity contribution < 1.29 is 23.7 Å². The molecule has 8 heteroatoms. The van der Waals surface area contributed by atoms with Crippen LogP contribution in [-0.2, 0) is 14.3 Å². The fourth-order valence-electron chi connectivity index (χ4n) is 3.07. The molecule has 1 unspecified atom stereocenters. The molecule has 0 amide bonds. The second-order valence-electron chi connectivity index (χ2n) is 6.65. The Balaban J connectivity index is 2.64. The predicted octanol–water partition coefficient (Wildman–Crippen LogP) is 2.28. The Bertz CT molecular complexity index is 868. The van der Waals surface area contributed by atoms with E-state index in [9.17, 15) is 10.1 Å². The van der Waals surface area contributed by atoms with E-state index in [1.54, 1.807) is 32.0 Å². The van der Waals surface area contributed by atoms with Gasteiger partial charge in [-0.2, -0.15) is 5.26 Å². The number of nitrogens with zero attached hydrogens (tertiary/aromatic N) is 2. The van der Waals surface area contributed by atoms with Gasteiger partial charge in [0.1, 0.15) is 24.0 Å². The fraction of sp³-hybridized carbons (Fsp3) is 0.429. The summed E-state index contributed by atoms with van der Waals surface area (Å²) in [5.74, 6) is -0.199. The maximum atomic E-state index is 12.7. The van der Waals surface area contributed by atoms with Crippen LogP contribution < -0.4 is 15.2 Å². The van der Waals surface area contributed by atoms with Crippen molar-refractivity contribution in [1.82, 2.24) is 4.90 Å². The summed E-state index contributed by atoms with van der Waals surface area (Å²) in [5, 5.41) is 9.75. The molecule has 0 radical (unpaired) electrons. The zero-order chi connectivity index (χ0) is 21.6. The Morgan fingerprint density at radius 1 is 1.38 bits per heavy atom. The average Bonchev–Trinajstić information content (AvgIpc) is 2.67. The van der Waals surface area contributed by atoms with Crippen molar-refractivity contribution in [1.29, 1.82) is 5.26 Å². The van der Waals surface area contributed by atoms with Gasteiger partial charge in [0.25, 0.3) is 0 Å². The Hall–Kier alpha value is -3.18. The van der Waals surface area contributed by atoms with Gasteiger partial charge in [-0.15, -0.1) is 0 Å². The number of carbonyl (C=O) groups is 1. The third-order valence-corrected chi connectivity index (χ3v) is 4.43. The standard InChI is InChI=1S/C21H27N3O5/c1-6-27-21(25)17-13(2)29-20(23)15(12-22)18(17)14-8-7-9-16(26-5)19(14)28-11-10-24(3)4/h7-9,18H,6,10-11,23H2,1-5H3. The number of hydrogen-bond acceptors (Lipinski definition) is 8. The Labute approximate surface area is 171 Å². The predicted molar refractivity (Wildman–Crippen MR) is 107 cm³/mol. The van der Waals surface area contributed by atoms with E-state index < -0.39 is 11.9 Å². The minimum absolute atomic E-state index is 0.0508. The van der Waals surface area contributed by atoms with Crippen LogP contribution in [0.2, 0.25) is 0 Å². The molecule has 8 nitrogen and oxygen atoms in total. The number of allylic oxidation sites excluding steroid dienone is 2. The van der Waals surface area contributed by atoms with Crippen molar-refractivity contribution in [3.05, 3.63) is 46.6 Å². The molecule has 0 saturated heterocycles. The van der Waals surface area contributed by atoms with Crippen LogP contribution in [0.25, 0.3) is 0 Å². The van der Waals surface area contributed by atoms with Gasteiger partial charge in [-0.05, 0) is 34.0 Å². The lowest BCUT2D eigenvalue weighted by Crippen LogP contribution is -2.26. The maximum absolute atomic E-state index is 12.7. The zero-order valence-corrected chi connectivity index (χ0v) is 17.4. The molecule has 1 aliphatic heterocycles. The molecule has 29 heavy (non-hydrogen) atoms. The normalized spacial score (nSPS) is 16.4. The maximum Gasteiger partial charge on any atom is 0.338 e. The SMILES string of the molecule is CCOC(=O)C1=C(C)OC(N)=C(C#N)C1c1cccc(OC)c1OCCN(C)C. The minimum Gasteiger partial charge on any atom is -0.493 e. The van der Waals surface area contributed by atoms with E-state index in [0.29, 0.717) is 30.2 Å². The third-order valence-electron chi connectivity index (χ3n) is 4.43. The first-order valence-electron chi connectivity index (χ1n) is 9.25. The molecule has 1 aromatic rings. The van der Waals surface area contributed by atoms with Gasteiger partial charge in [0.05, 0.1) is 25.2 Å². The summed E-state index contributed by atoms with van der Waals surface area (Å²) in [4.78, 5) is 14.7. The van der Waals surface area contributed by atoms with E-state index in [1.807, 2.05) is 19.0 Å². The first kappa shape index (κ1) is 22.1. The number of ether oxygens (including phenoxy) is 4. The highest BCUT2D eigenvalue weighted by molar-refractivity contribution is 5.93. The highest BCUT2D eigenvalue weighted by atomic mass is 16.5. The number of benzene rings is 1. The van der Waals surface area contributed by atoms with Gasteiger partial charge in [0, 0.05) is 12.1 Å². The summed E-state index contributed by atoms with van der Waals surface area (Å²) >= 11 is 0. The van der Waals surface area contributed by atoms with Gasteiger partial charge in [-0.1, -0.05) is 12.1 Å². The molecule has 156 valence electrons. The molecule has 0 bridgehead atoms. The highest BCUT2D eigenvalue weighted by Crippen LogP contribution is 2.45.